The molecule has 0 radical (unpaired) electrons. The van der Waals surface area contributed by atoms with E-state index in [2.05, 4.69) is 37.9 Å². The van der Waals surface area contributed by atoms with Crippen molar-refractivity contribution >= 4 is 0 Å². The van der Waals surface area contributed by atoms with Crippen molar-refractivity contribution in [2.24, 2.45) is 0 Å². The van der Waals surface area contributed by atoms with Crippen LogP contribution in [0.5, 0.6) is 0 Å². The van der Waals surface area contributed by atoms with Gasteiger partial charge in [0.1, 0.15) is 0 Å². The molecule has 0 aliphatic rings. The van der Waals surface area contributed by atoms with E-state index in [4.69, 9.17) is 0 Å². The number of rotatable bonds is 5. The molecule has 0 aliphatic heterocycles. The molecule has 0 spiro atoms. The lowest BCUT2D eigenvalue weighted by atomic mass is 10.3. The van der Waals surface area contributed by atoms with E-state index in [1.165, 1.54) is 5.70 Å². The van der Waals surface area contributed by atoms with Crippen LogP contribution in [-0.2, 0) is 0 Å². The molecular formula is C11H19N. The fourth-order valence-corrected chi connectivity index (χ4v) is 0.947. The Morgan fingerprint density at radius 1 is 1.50 bits per heavy atom. The zero-order valence-corrected chi connectivity index (χ0v) is 8.35. The van der Waals surface area contributed by atoms with E-state index in [1.54, 1.807) is 0 Å². The van der Waals surface area contributed by atoms with E-state index >= 15 is 0 Å². The Morgan fingerprint density at radius 2 is 2.17 bits per heavy atom. The quantitative estimate of drug-likeness (QED) is 0.616. The average Bonchev–Trinajstić information content (AvgIpc) is 2.01. The zero-order chi connectivity index (χ0) is 9.40. The van der Waals surface area contributed by atoms with Crippen molar-refractivity contribution in [2.45, 2.75) is 33.6 Å². The van der Waals surface area contributed by atoms with Crippen LogP contribution in [0.2, 0.25) is 0 Å². The SMILES string of the molecule is C=C(C/C=C\C)N/C(C)=C/CC. The van der Waals surface area contributed by atoms with Gasteiger partial charge in [0.2, 0.25) is 0 Å². The predicted molar refractivity (Wildman–Crippen MR) is 55.8 cm³/mol. The minimum atomic E-state index is 0.908. The van der Waals surface area contributed by atoms with Gasteiger partial charge in [0, 0.05) is 17.8 Å². The van der Waals surface area contributed by atoms with Crippen molar-refractivity contribution in [3.05, 3.63) is 36.2 Å². The molecule has 0 bridgehead atoms. The highest BCUT2D eigenvalue weighted by Gasteiger charge is 1.89. The van der Waals surface area contributed by atoms with E-state index in [9.17, 15) is 0 Å². The lowest BCUT2D eigenvalue weighted by molar-refractivity contribution is 0.917. The molecule has 0 amide bonds. The Labute approximate surface area is 75.9 Å². The molecule has 0 aliphatic carbocycles. The summed E-state index contributed by atoms with van der Waals surface area (Å²) in [4.78, 5) is 0. The van der Waals surface area contributed by atoms with Gasteiger partial charge in [-0.15, -0.1) is 0 Å². The van der Waals surface area contributed by atoms with Crippen molar-refractivity contribution in [1.29, 1.82) is 0 Å². The standard InChI is InChI=1S/C11H19N/c1-5-7-9-11(4)12-10(3)8-6-2/h5,7-8,12H,4,6,9H2,1-3H3/b7-5-,10-8+. The van der Waals surface area contributed by atoms with Crippen LogP contribution in [0.3, 0.4) is 0 Å². The molecule has 0 aromatic rings. The van der Waals surface area contributed by atoms with Crippen LogP contribution in [0, 0.1) is 0 Å². The average molecular weight is 165 g/mol. The van der Waals surface area contributed by atoms with Crippen molar-refractivity contribution in [2.75, 3.05) is 0 Å². The van der Waals surface area contributed by atoms with Crippen molar-refractivity contribution < 1.29 is 0 Å². The first-order valence-electron chi connectivity index (χ1n) is 4.43. The van der Waals surface area contributed by atoms with Gasteiger partial charge in [0.05, 0.1) is 0 Å². The van der Waals surface area contributed by atoms with Gasteiger partial charge < -0.3 is 5.32 Å². The molecule has 0 fully saturated rings. The summed E-state index contributed by atoms with van der Waals surface area (Å²) in [5, 5.41) is 3.23. The van der Waals surface area contributed by atoms with Crippen molar-refractivity contribution in [3.8, 4) is 0 Å². The minimum Gasteiger partial charge on any atom is -0.363 e. The van der Waals surface area contributed by atoms with Crippen LogP contribution < -0.4 is 5.32 Å². The molecular weight excluding hydrogens is 146 g/mol. The number of nitrogens with one attached hydrogen (secondary N) is 1. The number of hydrogen-bond acceptors (Lipinski definition) is 1. The highest BCUT2D eigenvalue weighted by Crippen LogP contribution is 1.99. The van der Waals surface area contributed by atoms with Gasteiger partial charge in [-0.05, 0) is 20.3 Å². The third-order valence-electron chi connectivity index (χ3n) is 1.48. The van der Waals surface area contributed by atoms with E-state index in [0.29, 0.717) is 0 Å². The Kier molecular flexibility index (Phi) is 6.16. The summed E-state index contributed by atoms with van der Waals surface area (Å²) in [7, 11) is 0. The fraction of sp³-hybridized carbons (Fsp3) is 0.455. The molecule has 0 saturated carbocycles. The molecule has 12 heavy (non-hydrogen) atoms. The predicted octanol–water partition coefficient (Wildman–Crippen LogP) is 3.37. The van der Waals surface area contributed by atoms with Gasteiger partial charge in [-0.3, -0.25) is 0 Å². The third kappa shape index (κ3) is 5.78. The molecule has 0 aromatic heterocycles. The first kappa shape index (κ1) is 11.0. The normalized spacial score (nSPS) is 12.1. The van der Waals surface area contributed by atoms with Crippen LogP contribution in [0.25, 0.3) is 0 Å². The van der Waals surface area contributed by atoms with Crippen molar-refractivity contribution in [1.82, 2.24) is 5.32 Å². The first-order valence-corrected chi connectivity index (χ1v) is 4.43. The summed E-state index contributed by atoms with van der Waals surface area (Å²) in [5.41, 5.74) is 2.24. The van der Waals surface area contributed by atoms with E-state index in [1.807, 2.05) is 13.0 Å². The smallest absolute Gasteiger partial charge is 0.0113 e. The Balaban J connectivity index is 3.76. The molecule has 0 rings (SSSR count). The fourth-order valence-electron chi connectivity index (χ4n) is 0.947. The van der Waals surface area contributed by atoms with Gasteiger partial charge in [-0.25, -0.2) is 0 Å². The van der Waals surface area contributed by atoms with Gasteiger partial charge in [0.25, 0.3) is 0 Å². The maximum atomic E-state index is 3.91. The molecule has 0 heterocycles. The number of hydrogen-bond donors (Lipinski definition) is 1. The summed E-state index contributed by atoms with van der Waals surface area (Å²) in [6.45, 7) is 10.1. The highest BCUT2D eigenvalue weighted by molar-refractivity contribution is 5.08. The van der Waals surface area contributed by atoms with Gasteiger partial charge in [-0.2, -0.15) is 0 Å². The maximum Gasteiger partial charge on any atom is 0.0113 e. The summed E-state index contributed by atoms with van der Waals surface area (Å²) >= 11 is 0. The van der Waals surface area contributed by atoms with Crippen LogP contribution in [0.15, 0.2) is 36.2 Å². The number of allylic oxidation sites excluding steroid dienone is 4. The third-order valence-corrected chi connectivity index (χ3v) is 1.48. The van der Waals surface area contributed by atoms with E-state index in [0.717, 1.165) is 18.5 Å². The molecule has 1 heteroatoms. The largest absolute Gasteiger partial charge is 0.363 e. The summed E-state index contributed by atoms with van der Waals surface area (Å²) < 4.78 is 0. The maximum absolute atomic E-state index is 3.91. The molecule has 1 nitrogen and oxygen atoms in total. The molecule has 1 N–H and O–H groups in total. The Bertz CT molecular complexity index is 187. The van der Waals surface area contributed by atoms with Crippen molar-refractivity contribution in [3.63, 3.8) is 0 Å². The molecule has 0 unspecified atom stereocenters. The van der Waals surface area contributed by atoms with Gasteiger partial charge >= 0.3 is 0 Å². The summed E-state index contributed by atoms with van der Waals surface area (Å²) in [6, 6.07) is 0. The second-order valence-electron chi connectivity index (χ2n) is 2.80. The lowest BCUT2D eigenvalue weighted by Crippen LogP contribution is -2.08. The topological polar surface area (TPSA) is 12.0 Å². The van der Waals surface area contributed by atoms with E-state index < -0.39 is 0 Å². The molecule has 68 valence electrons. The van der Waals surface area contributed by atoms with Crippen LogP contribution in [-0.4, -0.2) is 0 Å². The summed E-state index contributed by atoms with van der Waals surface area (Å²) in [6.07, 6.45) is 8.25. The van der Waals surface area contributed by atoms with Crippen LogP contribution in [0.4, 0.5) is 0 Å². The molecule has 0 aromatic carbocycles. The highest BCUT2D eigenvalue weighted by atomic mass is 14.9. The molecule has 0 saturated heterocycles. The zero-order valence-electron chi connectivity index (χ0n) is 8.35. The second-order valence-corrected chi connectivity index (χ2v) is 2.80. The molecule has 0 atom stereocenters. The lowest BCUT2D eigenvalue weighted by Gasteiger charge is -2.06. The van der Waals surface area contributed by atoms with Gasteiger partial charge in [0.15, 0.2) is 0 Å². The minimum absolute atomic E-state index is 0.908. The second kappa shape index (κ2) is 6.71. The van der Waals surface area contributed by atoms with Crippen LogP contribution >= 0.6 is 0 Å². The Hall–Kier alpha value is -0.980. The Morgan fingerprint density at radius 3 is 2.67 bits per heavy atom. The summed E-state index contributed by atoms with van der Waals surface area (Å²) in [5.74, 6) is 0. The monoisotopic (exact) mass is 165 g/mol. The van der Waals surface area contributed by atoms with Crippen LogP contribution in [0.1, 0.15) is 33.6 Å². The van der Waals surface area contributed by atoms with Gasteiger partial charge in [-0.1, -0.05) is 31.7 Å². The van der Waals surface area contributed by atoms with E-state index in [-0.39, 0.29) is 0 Å². The first-order chi connectivity index (χ1) is 5.70.